The third-order valence-corrected chi connectivity index (χ3v) is 4.19. The molecule has 4 rings (SSSR count). The number of nitrogens with one attached hydrogen (secondary N) is 2. The maximum atomic E-state index is 12.2. The van der Waals surface area contributed by atoms with Crippen molar-refractivity contribution in [3.8, 4) is 0 Å². The molecule has 6 heteroatoms. The van der Waals surface area contributed by atoms with Crippen LogP contribution >= 0.6 is 0 Å². The van der Waals surface area contributed by atoms with E-state index in [0.29, 0.717) is 23.7 Å². The summed E-state index contributed by atoms with van der Waals surface area (Å²) in [4.78, 5) is 20.5. The summed E-state index contributed by atoms with van der Waals surface area (Å²) in [6, 6.07) is 0.874. The van der Waals surface area contributed by atoms with E-state index in [-0.39, 0.29) is 5.91 Å². The van der Waals surface area contributed by atoms with E-state index in [0.717, 1.165) is 18.6 Å². The summed E-state index contributed by atoms with van der Waals surface area (Å²) in [5.74, 6) is 0.485. The molecule has 2 aromatic heterocycles. The first-order valence-corrected chi connectivity index (χ1v) is 6.62. The summed E-state index contributed by atoms with van der Waals surface area (Å²) in [5.41, 5.74) is 1.20. The van der Waals surface area contributed by atoms with Crippen molar-refractivity contribution in [2.45, 2.75) is 24.9 Å². The van der Waals surface area contributed by atoms with E-state index in [1.807, 2.05) is 10.6 Å². The number of hydrogen-bond donors (Lipinski definition) is 2. The molecule has 0 aromatic carbocycles. The second-order valence-corrected chi connectivity index (χ2v) is 5.38. The highest BCUT2D eigenvalue weighted by Gasteiger charge is 2.40. The van der Waals surface area contributed by atoms with Crippen LogP contribution < -0.4 is 10.6 Å². The van der Waals surface area contributed by atoms with Crippen molar-refractivity contribution >= 4 is 11.6 Å². The highest BCUT2D eigenvalue weighted by Crippen LogP contribution is 2.31. The Kier molecular flexibility index (Phi) is 2.32. The lowest BCUT2D eigenvalue weighted by molar-refractivity contribution is 0.0919. The minimum Gasteiger partial charge on any atom is -0.348 e. The number of rotatable bonds is 2. The van der Waals surface area contributed by atoms with Crippen molar-refractivity contribution in [1.82, 2.24) is 25.0 Å². The molecule has 19 heavy (non-hydrogen) atoms. The van der Waals surface area contributed by atoms with Crippen molar-refractivity contribution in [3.63, 3.8) is 0 Å². The van der Waals surface area contributed by atoms with Gasteiger partial charge in [-0.05, 0) is 18.8 Å². The van der Waals surface area contributed by atoms with Crippen LogP contribution in [-0.2, 0) is 0 Å². The average Bonchev–Trinajstić information content (AvgIpc) is 3.13. The molecule has 1 aliphatic heterocycles. The van der Waals surface area contributed by atoms with E-state index >= 15 is 0 Å². The first-order valence-electron chi connectivity index (χ1n) is 6.62. The largest absolute Gasteiger partial charge is 0.348 e. The maximum Gasteiger partial charge on any atom is 0.271 e. The summed E-state index contributed by atoms with van der Waals surface area (Å²) in [6.45, 7) is 1.02. The molecule has 6 nitrogen and oxygen atoms in total. The predicted molar refractivity (Wildman–Crippen MR) is 68.8 cm³/mol. The van der Waals surface area contributed by atoms with E-state index < -0.39 is 0 Å². The Labute approximate surface area is 110 Å². The molecule has 2 aliphatic rings. The lowest BCUT2D eigenvalue weighted by atomic mass is 10.0. The molecular weight excluding hydrogens is 242 g/mol. The lowest BCUT2D eigenvalue weighted by Gasteiger charge is -2.23. The molecule has 3 atom stereocenters. The second kappa shape index (κ2) is 4.03. The van der Waals surface area contributed by atoms with Gasteiger partial charge in [-0.25, -0.2) is 9.97 Å². The van der Waals surface area contributed by atoms with Gasteiger partial charge in [0.1, 0.15) is 5.69 Å². The minimum atomic E-state index is -0.0897. The fraction of sp³-hybridized carbons (Fsp3) is 0.462. The molecule has 2 aromatic rings. The number of fused-ring (bicyclic) bond motifs is 3. The van der Waals surface area contributed by atoms with Crippen molar-refractivity contribution in [2.75, 3.05) is 6.54 Å². The number of hydrogen-bond acceptors (Lipinski definition) is 4. The Bertz CT molecular complexity index is 637. The summed E-state index contributed by atoms with van der Waals surface area (Å²) >= 11 is 0. The summed E-state index contributed by atoms with van der Waals surface area (Å²) in [5, 5.41) is 6.55. The Morgan fingerprint density at radius 3 is 3.16 bits per heavy atom. The SMILES string of the molecule is O=C(N[C@@H]1C[C@@H]2C[C@@H]1CN2)c1cn2ccnc2cn1. The first-order chi connectivity index (χ1) is 9.29. The van der Waals surface area contributed by atoms with Crippen LogP contribution in [0.15, 0.2) is 24.8 Å². The first kappa shape index (κ1) is 10.9. The van der Waals surface area contributed by atoms with Gasteiger partial charge in [-0.3, -0.25) is 4.79 Å². The molecule has 2 fully saturated rings. The van der Waals surface area contributed by atoms with Crippen molar-refractivity contribution in [2.24, 2.45) is 5.92 Å². The van der Waals surface area contributed by atoms with Gasteiger partial charge in [-0.2, -0.15) is 0 Å². The van der Waals surface area contributed by atoms with E-state index in [4.69, 9.17) is 0 Å². The van der Waals surface area contributed by atoms with Gasteiger partial charge in [-0.1, -0.05) is 0 Å². The van der Waals surface area contributed by atoms with Crippen LogP contribution in [-0.4, -0.2) is 38.9 Å². The molecule has 1 aliphatic carbocycles. The molecule has 0 spiro atoms. The number of carbonyl (C=O) groups is 1. The Morgan fingerprint density at radius 2 is 2.37 bits per heavy atom. The lowest BCUT2D eigenvalue weighted by Crippen LogP contribution is -2.44. The number of carbonyl (C=O) groups excluding carboxylic acids is 1. The monoisotopic (exact) mass is 257 g/mol. The maximum absolute atomic E-state index is 12.2. The van der Waals surface area contributed by atoms with Crippen molar-refractivity contribution < 1.29 is 4.79 Å². The molecule has 1 saturated carbocycles. The molecule has 98 valence electrons. The van der Waals surface area contributed by atoms with E-state index in [9.17, 15) is 4.79 Å². The molecule has 0 unspecified atom stereocenters. The molecule has 2 N–H and O–H groups in total. The van der Waals surface area contributed by atoms with Gasteiger partial charge in [0.2, 0.25) is 0 Å². The fourth-order valence-electron chi connectivity index (χ4n) is 3.20. The molecule has 0 radical (unpaired) electrons. The van der Waals surface area contributed by atoms with Gasteiger partial charge < -0.3 is 15.0 Å². The van der Waals surface area contributed by atoms with Crippen molar-refractivity contribution in [1.29, 1.82) is 0 Å². The van der Waals surface area contributed by atoms with Crippen LogP contribution in [0.4, 0.5) is 0 Å². The van der Waals surface area contributed by atoms with Gasteiger partial charge in [0.25, 0.3) is 5.91 Å². The van der Waals surface area contributed by atoms with Gasteiger partial charge in [0, 0.05) is 37.2 Å². The van der Waals surface area contributed by atoms with Crippen LogP contribution in [0.3, 0.4) is 0 Å². The van der Waals surface area contributed by atoms with Gasteiger partial charge in [-0.15, -0.1) is 0 Å². The topological polar surface area (TPSA) is 71.3 Å². The van der Waals surface area contributed by atoms with E-state index in [2.05, 4.69) is 20.6 Å². The van der Waals surface area contributed by atoms with Gasteiger partial charge in [0.05, 0.1) is 6.20 Å². The van der Waals surface area contributed by atoms with Gasteiger partial charge >= 0.3 is 0 Å². The van der Waals surface area contributed by atoms with Crippen LogP contribution in [0.5, 0.6) is 0 Å². The normalized spacial score (nSPS) is 28.9. The van der Waals surface area contributed by atoms with Crippen LogP contribution in [0.25, 0.3) is 5.65 Å². The number of imidazole rings is 1. The summed E-state index contributed by atoms with van der Waals surface area (Å²) in [7, 11) is 0. The molecule has 1 amide bonds. The number of amides is 1. The Balaban J connectivity index is 1.53. The van der Waals surface area contributed by atoms with Crippen LogP contribution in [0.2, 0.25) is 0 Å². The van der Waals surface area contributed by atoms with Crippen molar-refractivity contribution in [3.05, 3.63) is 30.5 Å². The van der Waals surface area contributed by atoms with E-state index in [1.165, 1.54) is 6.42 Å². The standard InChI is InChI=1S/C13H15N5O/c19-13(17-10-4-9-3-8(10)5-15-9)11-7-18-2-1-14-12(18)6-16-11/h1-2,6-10,15H,3-5H2,(H,17,19)/t8-,9+,10-/m1/s1. The highest BCUT2D eigenvalue weighted by atomic mass is 16.2. The Hall–Kier alpha value is -1.95. The third-order valence-electron chi connectivity index (χ3n) is 4.19. The summed E-state index contributed by atoms with van der Waals surface area (Å²) in [6.07, 6.45) is 9.07. The quantitative estimate of drug-likeness (QED) is 0.807. The second-order valence-electron chi connectivity index (χ2n) is 5.38. The zero-order chi connectivity index (χ0) is 12.8. The molecule has 1 saturated heterocycles. The van der Waals surface area contributed by atoms with Gasteiger partial charge in [0.15, 0.2) is 5.65 Å². The zero-order valence-corrected chi connectivity index (χ0v) is 10.4. The number of piperidine rings is 1. The van der Waals surface area contributed by atoms with E-state index in [1.54, 1.807) is 18.6 Å². The zero-order valence-electron chi connectivity index (χ0n) is 10.4. The highest BCUT2D eigenvalue weighted by molar-refractivity contribution is 5.92. The average molecular weight is 257 g/mol. The molecular formula is C13H15N5O. The predicted octanol–water partition coefficient (Wildman–Crippen LogP) is 0.209. The molecule has 3 heterocycles. The molecule has 2 bridgehead atoms. The van der Waals surface area contributed by atoms with Crippen LogP contribution in [0.1, 0.15) is 23.3 Å². The smallest absolute Gasteiger partial charge is 0.271 e. The van der Waals surface area contributed by atoms with Crippen LogP contribution in [0, 0.1) is 5.92 Å². The minimum absolute atomic E-state index is 0.0897. The fourth-order valence-corrected chi connectivity index (χ4v) is 3.20. The Morgan fingerprint density at radius 1 is 1.42 bits per heavy atom. The number of nitrogens with zero attached hydrogens (tertiary/aromatic N) is 3. The number of aromatic nitrogens is 3. The summed E-state index contributed by atoms with van der Waals surface area (Å²) < 4.78 is 1.81. The third kappa shape index (κ3) is 1.79.